The molecule has 0 amide bonds. The predicted molar refractivity (Wildman–Crippen MR) is 127 cm³/mol. The number of benzene rings is 2. The molecular weight excluding hydrogens is 410 g/mol. The van der Waals surface area contributed by atoms with E-state index in [1.54, 1.807) is 18.4 Å². The third-order valence-corrected chi connectivity index (χ3v) is 6.06. The van der Waals surface area contributed by atoms with Crippen LogP contribution in [-0.2, 0) is 11.3 Å². The van der Waals surface area contributed by atoms with Crippen molar-refractivity contribution in [3.8, 4) is 5.75 Å². The first kappa shape index (κ1) is 21.4. The highest BCUT2D eigenvalue weighted by molar-refractivity contribution is 7.22. The number of hydrogen-bond acceptors (Lipinski definition) is 6. The second-order valence-electron chi connectivity index (χ2n) is 7.48. The normalized spacial score (nSPS) is 16.5. The minimum atomic E-state index is 0.131. The number of nitrogens with zero attached hydrogens (tertiary/aromatic N) is 2. The van der Waals surface area contributed by atoms with E-state index in [4.69, 9.17) is 9.47 Å². The Balaban J connectivity index is 1.25. The molecule has 0 aliphatic carbocycles. The third-order valence-electron chi connectivity index (χ3n) is 5.06. The zero-order valence-electron chi connectivity index (χ0n) is 18.0. The van der Waals surface area contributed by atoms with Gasteiger partial charge in [-0.1, -0.05) is 35.6 Å². The number of aryl methyl sites for hydroxylation is 1. The Bertz CT molecular complexity index is 997. The molecule has 7 nitrogen and oxygen atoms in total. The molecule has 4 rings (SSSR count). The summed E-state index contributed by atoms with van der Waals surface area (Å²) in [7, 11) is 1.78. The van der Waals surface area contributed by atoms with Crippen molar-refractivity contribution in [3.63, 3.8) is 0 Å². The van der Waals surface area contributed by atoms with Crippen molar-refractivity contribution in [1.82, 2.24) is 15.6 Å². The van der Waals surface area contributed by atoms with Crippen LogP contribution in [0.1, 0.15) is 17.5 Å². The molecule has 1 aliphatic rings. The minimum absolute atomic E-state index is 0.131. The number of rotatable bonds is 8. The molecule has 1 fully saturated rings. The SMILES string of the molecule is CN=C(NCCNc1nc2ccccc2s1)NCc1ccc(C)cc1OC1CCOC1. The van der Waals surface area contributed by atoms with E-state index in [0.29, 0.717) is 13.2 Å². The Morgan fingerprint density at radius 2 is 2.13 bits per heavy atom. The fourth-order valence-electron chi connectivity index (χ4n) is 3.40. The first-order chi connectivity index (χ1) is 15.2. The molecule has 8 heteroatoms. The number of thiazole rings is 1. The maximum atomic E-state index is 6.18. The van der Waals surface area contributed by atoms with Crippen molar-refractivity contribution in [2.75, 3.05) is 38.7 Å². The van der Waals surface area contributed by atoms with Crippen LogP contribution in [0, 0.1) is 6.92 Å². The molecule has 164 valence electrons. The summed E-state index contributed by atoms with van der Waals surface area (Å²) in [5, 5.41) is 11.0. The summed E-state index contributed by atoms with van der Waals surface area (Å²) in [6.07, 6.45) is 1.07. The average Bonchev–Trinajstić information content (AvgIpc) is 3.43. The summed E-state index contributed by atoms with van der Waals surface area (Å²) in [5.41, 5.74) is 3.31. The summed E-state index contributed by atoms with van der Waals surface area (Å²) in [6.45, 7) is 5.62. The molecule has 3 N–H and O–H groups in total. The van der Waals surface area contributed by atoms with Gasteiger partial charge in [-0.25, -0.2) is 4.98 Å². The highest BCUT2D eigenvalue weighted by Crippen LogP contribution is 2.25. The van der Waals surface area contributed by atoms with Crippen molar-refractivity contribution in [3.05, 3.63) is 53.6 Å². The minimum Gasteiger partial charge on any atom is -0.488 e. The quantitative estimate of drug-likeness (QED) is 0.283. The van der Waals surface area contributed by atoms with Gasteiger partial charge in [0.15, 0.2) is 11.1 Å². The second kappa shape index (κ2) is 10.5. The number of para-hydroxylation sites is 1. The monoisotopic (exact) mass is 439 g/mol. The van der Waals surface area contributed by atoms with Gasteiger partial charge >= 0.3 is 0 Å². The largest absolute Gasteiger partial charge is 0.488 e. The van der Waals surface area contributed by atoms with Gasteiger partial charge in [-0.3, -0.25) is 4.99 Å². The van der Waals surface area contributed by atoms with E-state index < -0.39 is 0 Å². The van der Waals surface area contributed by atoms with Crippen LogP contribution in [0.5, 0.6) is 5.75 Å². The summed E-state index contributed by atoms with van der Waals surface area (Å²) < 4.78 is 12.8. The van der Waals surface area contributed by atoms with Gasteiger partial charge in [0.2, 0.25) is 0 Å². The smallest absolute Gasteiger partial charge is 0.191 e. The Hall–Kier alpha value is -2.84. The van der Waals surface area contributed by atoms with Crippen molar-refractivity contribution < 1.29 is 9.47 Å². The number of aliphatic imine (C=N–C) groups is 1. The molecule has 31 heavy (non-hydrogen) atoms. The topological polar surface area (TPSA) is 79.8 Å². The van der Waals surface area contributed by atoms with Crippen LogP contribution in [0.15, 0.2) is 47.5 Å². The molecule has 0 spiro atoms. The number of ether oxygens (including phenoxy) is 2. The van der Waals surface area contributed by atoms with E-state index in [1.165, 1.54) is 10.3 Å². The molecule has 0 radical (unpaired) electrons. The van der Waals surface area contributed by atoms with Crippen molar-refractivity contribution >= 4 is 32.6 Å². The van der Waals surface area contributed by atoms with Crippen LogP contribution in [0.3, 0.4) is 0 Å². The van der Waals surface area contributed by atoms with E-state index in [0.717, 1.165) is 54.0 Å². The fraction of sp³-hybridized carbons (Fsp3) is 0.391. The zero-order valence-corrected chi connectivity index (χ0v) is 18.8. The lowest BCUT2D eigenvalue weighted by Crippen LogP contribution is -2.39. The van der Waals surface area contributed by atoms with E-state index >= 15 is 0 Å². The Labute approximate surface area is 186 Å². The van der Waals surface area contributed by atoms with Crippen LogP contribution in [0.4, 0.5) is 5.13 Å². The lowest BCUT2D eigenvalue weighted by Gasteiger charge is -2.18. The van der Waals surface area contributed by atoms with Crippen LogP contribution < -0.4 is 20.7 Å². The van der Waals surface area contributed by atoms with Crippen LogP contribution >= 0.6 is 11.3 Å². The molecule has 2 aromatic carbocycles. The predicted octanol–water partition coefficient (Wildman–Crippen LogP) is 3.55. The molecule has 1 aromatic heterocycles. The number of nitrogens with one attached hydrogen (secondary N) is 3. The zero-order chi connectivity index (χ0) is 21.5. The van der Waals surface area contributed by atoms with Crippen molar-refractivity contribution in [2.24, 2.45) is 4.99 Å². The molecule has 1 saturated heterocycles. The Kier molecular flexibility index (Phi) is 7.22. The Morgan fingerprint density at radius 3 is 2.94 bits per heavy atom. The van der Waals surface area contributed by atoms with Crippen LogP contribution in [0.25, 0.3) is 10.2 Å². The van der Waals surface area contributed by atoms with E-state index in [2.05, 4.69) is 57.1 Å². The summed E-state index contributed by atoms with van der Waals surface area (Å²) in [4.78, 5) is 8.92. The standard InChI is InChI=1S/C23H29N5O2S/c1-16-7-8-17(20(13-16)30-18-9-12-29-15-18)14-27-22(24-2)25-10-11-26-23-28-19-5-3-4-6-21(19)31-23/h3-8,13,18H,9-12,14-15H2,1-2H3,(H,26,28)(H2,24,25,27). The van der Waals surface area contributed by atoms with Gasteiger partial charge in [0.05, 0.1) is 23.4 Å². The first-order valence-corrected chi connectivity index (χ1v) is 11.4. The third kappa shape index (κ3) is 5.86. The van der Waals surface area contributed by atoms with Crippen molar-refractivity contribution in [1.29, 1.82) is 0 Å². The van der Waals surface area contributed by atoms with Gasteiger partial charge in [-0.15, -0.1) is 0 Å². The van der Waals surface area contributed by atoms with Gasteiger partial charge in [0.1, 0.15) is 11.9 Å². The van der Waals surface area contributed by atoms with E-state index in [1.807, 2.05) is 18.2 Å². The molecule has 1 aliphatic heterocycles. The van der Waals surface area contributed by atoms with Gasteiger partial charge in [-0.05, 0) is 30.7 Å². The molecule has 0 bridgehead atoms. The highest BCUT2D eigenvalue weighted by atomic mass is 32.1. The fourth-order valence-corrected chi connectivity index (χ4v) is 4.29. The number of hydrogen-bond donors (Lipinski definition) is 3. The summed E-state index contributed by atoms with van der Waals surface area (Å²) in [6, 6.07) is 14.5. The first-order valence-electron chi connectivity index (χ1n) is 10.6. The number of fused-ring (bicyclic) bond motifs is 1. The van der Waals surface area contributed by atoms with Crippen molar-refractivity contribution in [2.45, 2.75) is 26.0 Å². The molecular formula is C23H29N5O2S. The molecule has 0 saturated carbocycles. The summed E-state index contributed by atoms with van der Waals surface area (Å²) in [5.74, 6) is 1.66. The second-order valence-corrected chi connectivity index (χ2v) is 8.51. The number of aromatic nitrogens is 1. The van der Waals surface area contributed by atoms with Crippen LogP contribution in [-0.4, -0.2) is 50.4 Å². The van der Waals surface area contributed by atoms with E-state index in [9.17, 15) is 0 Å². The average molecular weight is 440 g/mol. The van der Waals surface area contributed by atoms with Crippen LogP contribution in [0.2, 0.25) is 0 Å². The lowest BCUT2D eigenvalue weighted by molar-refractivity contribution is 0.140. The number of guanidine groups is 1. The number of anilines is 1. The lowest BCUT2D eigenvalue weighted by atomic mass is 10.1. The molecule has 3 aromatic rings. The van der Waals surface area contributed by atoms with Gasteiger partial charge in [0, 0.05) is 38.7 Å². The van der Waals surface area contributed by atoms with Gasteiger partial charge in [-0.2, -0.15) is 0 Å². The van der Waals surface area contributed by atoms with E-state index in [-0.39, 0.29) is 6.10 Å². The maximum absolute atomic E-state index is 6.18. The highest BCUT2D eigenvalue weighted by Gasteiger charge is 2.18. The maximum Gasteiger partial charge on any atom is 0.191 e. The molecule has 1 atom stereocenters. The Morgan fingerprint density at radius 1 is 1.23 bits per heavy atom. The van der Waals surface area contributed by atoms with Gasteiger partial charge < -0.3 is 25.4 Å². The van der Waals surface area contributed by atoms with Gasteiger partial charge in [0.25, 0.3) is 0 Å². The summed E-state index contributed by atoms with van der Waals surface area (Å²) >= 11 is 1.67. The molecule has 2 heterocycles. The molecule has 1 unspecified atom stereocenters.